The summed E-state index contributed by atoms with van der Waals surface area (Å²) in [6, 6.07) is 2.32. The van der Waals surface area contributed by atoms with Crippen LogP contribution in [0, 0.1) is 11.9 Å². The minimum atomic E-state index is -3.77. The summed E-state index contributed by atoms with van der Waals surface area (Å²) in [5.41, 5.74) is 0.159. The SMILES string of the molecule is O=C(O)C1CCN(S(=O)(=O)Nc2ccc(F)nc2)CC1. The number of nitrogens with one attached hydrogen (secondary N) is 1. The highest BCUT2D eigenvalue weighted by Gasteiger charge is 2.30. The lowest BCUT2D eigenvalue weighted by Gasteiger charge is -2.29. The van der Waals surface area contributed by atoms with E-state index in [9.17, 15) is 17.6 Å². The molecule has 7 nitrogen and oxygen atoms in total. The Bertz CT molecular complexity index is 582. The van der Waals surface area contributed by atoms with Crippen LogP contribution in [0.25, 0.3) is 0 Å². The van der Waals surface area contributed by atoms with Crippen LogP contribution in [-0.2, 0) is 15.0 Å². The van der Waals surface area contributed by atoms with E-state index in [1.54, 1.807) is 0 Å². The maximum Gasteiger partial charge on any atom is 0.306 e. The molecule has 0 amide bonds. The Labute approximate surface area is 115 Å². The number of halogens is 1. The first kappa shape index (κ1) is 14.7. The molecule has 2 rings (SSSR count). The molecule has 1 aromatic heterocycles. The zero-order valence-corrected chi connectivity index (χ0v) is 11.3. The first-order valence-electron chi connectivity index (χ1n) is 6.01. The minimum Gasteiger partial charge on any atom is -0.481 e. The Morgan fingerprint density at radius 3 is 2.55 bits per heavy atom. The molecular formula is C11H14FN3O4S. The predicted molar refractivity (Wildman–Crippen MR) is 68.7 cm³/mol. The van der Waals surface area contributed by atoms with Gasteiger partial charge in [-0.1, -0.05) is 0 Å². The highest BCUT2D eigenvalue weighted by atomic mass is 32.2. The lowest BCUT2D eigenvalue weighted by atomic mass is 9.99. The van der Waals surface area contributed by atoms with Gasteiger partial charge in [0.2, 0.25) is 5.95 Å². The van der Waals surface area contributed by atoms with Gasteiger partial charge in [-0.3, -0.25) is 9.52 Å². The van der Waals surface area contributed by atoms with E-state index in [0.29, 0.717) is 0 Å². The average molecular weight is 303 g/mol. The molecule has 0 saturated carbocycles. The molecule has 1 aromatic rings. The second kappa shape index (κ2) is 5.71. The van der Waals surface area contributed by atoms with Crippen molar-refractivity contribution in [2.75, 3.05) is 17.8 Å². The second-order valence-corrected chi connectivity index (χ2v) is 6.16. The number of carboxylic acid groups (broad SMARTS) is 1. The normalized spacial score (nSPS) is 17.9. The molecule has 2 heterocycles. The lowest BCUT2D eigenvalue weighted by Crippen LogP contribution is -2.42. The number of carbonyl (C=O) groups is 1. The molecule has 1 fully saturated rings. The van der Waals surface area contributed by atoms with Crippen molar-refractivity contribution in [1.29, 1.82) is 0 Å². The van der Waals surface area contributed by atoms with Crippen LogP contribution in [0.1, 0.15) is 12.8 Å². The second-order valence-electron chi connectivity index (χ2n) is 4.49. The zero-order chi connectivity index (χ0) is 14.8. The van der Waals surface area contributed by atoms with Gasteiger partial charge < -0.3 is 5.11 Å². The zero-order valence-electron chi connectivity index (χ0n) is 10.5. The number of carboxylic acids is 1. The smallest absolute Gasteiger partial charge is 0.306 e. The van der Waals surface area contributed by atoms with Crippen LogP contribution in [0.5, 0.6) is 0 Å². The van der Waals surface area contributed by atoms with Gasteiger partial charge in [0.25, 0.3) is 0 Å². The maximum atomic E-state index is 12.6. The van der Waals surface area contributed by atoms with E-state index in [4.69, 9.17) is 5.11 Å². The van der Waals surface area contributed by atoms with Crippen LogP contribution in [0.4, 0.5) is 10.1 Å². The number of hydrogen-bond acceptors (Lipinski definition) is 4. The monoisotopic (exact) mass is 303 g/mol. The van der Waals surface area contributed by atoms with Gasteiger partial charge in [0, 0.05) is 13.1 Å². The fourth-order valence-corrected chi connectivity index (χ4v) is 3.23. The van der Waals surface area contributed by atoms with E-state index in [2.05, 4.69) is 9.71 Å². The maximum absolute atomic E-state index is 12.6. The fraction of sp³-hybridized carbons (Fsp3) is 0.455. The van der Waals surface area contributed by atoms with Gasteiger partial charge in [-0.05, 0) is 25.0 Å². The number of aromatic nitrogens is 1. The number of aliphatic carboxylic acids is 1. The quantitative estimate of drug-likeness (QED) is 0.797. The van der Waals surface area contributed by atoms with Crippen LogP contribution in [0.3, 0.4) is 0 Å². The van der Waals surface area contributed by atoms with Crippen molar-refractivity contribution in [3.8, 4) is 0 Å². The van der Waals surface area contributed by atoms with E-state index in [-0.39, 0.29) is 31.6 Å². The molecule has 0 radical (unpaired) electrons. The van der Waals surface area contributed by atoms with Crippen LogP contribution in [0.15, 0.2) is 18.3 Å². The van der Waals surface area contributed by atoms with Crippen molar-refractivity contribution in [3.05, 3.63) is 24.3 Å². The molecule has 0 atom stereocenters. The van der Waals surface area contributed by atoms with Gasteiger partial charge in [-0.25, -0.2) is 4.98 Å². The Morgan fingerprint density at radius 2 is 2.05 bits per heavy atom. The van der Waals surface area contributed by atoms with E-state index in [1.165, 1.54) is 10.4 Å². The largest absolute Gasteiger partial charge is 0.481 e. The summed E-state index contributed by atoms with van der Waals surface area (Å²) < 4.78 is 40.2. The van der Waals surface area contributed by atoms with Gasteiger partial charge in [-0.2, -0.15) is 17.1 Å². The first-order chi connectivity index (χ1) is 9.38. The van der Waals surface area contributed by atoms with Crippen molar-refractivity contribution in [3.63, 3.8) is 0 Å². The van der Waals surface area contributed by atoms with Gasteiger partial charge in [0.05, 0.1) is 17.8 Å². The summed E-state index contributed by atoms with van der Waals surface area (Å²) in [4.78, 5) is 14.2. The van der Waals surface area contributed by atoms with Gasteiger partial charge >= 0.3 is 16.2 Å². The van der Waals surface area contributed by atoms with Gasteiger partial charge in [0.1, 0.15) is 0 Å². The number of nitrogens with zero attached hydrogens (tertiary/aromatic N) is 2. The van der Waals surface area contributed by atoms with Crippen LogP contribution in [-0.4, -0.2) is 41.9 Å². The number of anilines is 1. The van der Waals surface area contributed by atoms with Gasteiger partial charge in [0.15, 0.2) is 0 Å². The molecular weight excluding hydrogens is 289 g/mol. The molecule has 0 bridgehead atoms. The van der Waals surface area contributed by atoms with Gasteiger partial charge in [-0.15, -0.1) is 0 Å². The number of piperidine rings is 1. The third kappa shape index (κ3) is 3.42. The third-order valence-corrected chi connectivity index (χ3v) is 4.66. The standard InChI is InChI=1S/C11H14FN3O4S/c12-10-2-1-9(7-13-10)14-20(18,19)15-5-3-8(4-6-15)11(16)17/h1-2,7-8,14H,3-6H2,(H,16,17). The van der Waals surface area contributed by atoms with Crippen LogP contribution < -0.4 is 4.72 Å². The summed E-state index contributed by atoms with van der Waals surface area (Å²) in [6.07, 6.45) is 1.63. The molecule has 9 heteroatoms. The third-order valence-electron chi connectivity index (χ3n) is 3.12. The van der Waals surface area contributed by atoms with E-state index in [1.807, 2.05) is 0 Å². The van der Waals surface area contributed by atoms with E-state index >= 15 is 0 Å². The molecule has 2 N–H and O–H groups in total. The van der Waals surface area contributed by atoms with Crippen molar-refractivity contribution in [1.82, 2.24) is 9.29 Å². The highest BCUT2D eigenvalue weighted by Crippen LogP contribution is 2.20. The first-order valence-corrected chi connectivity index (χ1v) is 7.45. The molecule has 0 spiro atoms. The number of pyridine rings is 1. The fourth-order valence-electron chi connectivity index (χ4n) is 1.99. The van der Waals surface area contributed by atoms with Crippen LogP contribution in [0.2, 0.25) is 0 Å². The predicted octanol–water partition coefficient (Wildman–Crippen LogP) is 0.674. The molecule has 1 aliphatic heterocycles. The topological polar surface area (TPSA) is 99.6 Å². The molecule has 20 heavy (non-hydrogen) atoms. The van der Waals surface area contributed by atoms with Crippen molar-refractivity contribution < 1.29 is 22.7 Å². The minimum absolute atomic E-state index is 0.140. The molecule has 1 saturated heterocycles. The Hall–Kier alpha value is -1.74. The Balaban J connectivity index is 2.01. The Morgan fingerprint density at radius 1 is 1.40 bits per heavy atom. The number of hydrogen-bond donors (Lipinski definition) is 2. The molecule has 1 aliphatic rings. The van der Waals surface area contributed by atoms with E-state index < -0.39 is 28.0 Å². The van der Waals surface area contributed by atoms with Crippen molar-refractivity contribution in [2.24, 2.45) is 5.92 Å². The summed E-state index contributed by atoms with van der Waals surface area (Å²) in [5, 5.41) is 8.86. The highest BCUT2D eigenvalue weighted by molar-refractivity contribution is 7.90. The average Bonchev–Trinajstić information content (AvgIpc) is 2.41. The molecule has 0 aromatic carbocycles. The lowest BCUT2D eigenvalue weighted by molar-refractivity contribution is -0.142. The number of rotatable bonds is 4. The van der Waals surface area contributed by atoms with Crippen molar-refractivity contribution >= 4 is 21.9 Å². The Kier molecular flexibility index (Phi) is 4.19. The van der Waals surface area contributed by atoms with Crippen LogP contribution >= 0.6 is 0 Å². The summed E-state index contributed by atoms with van der Waals surface area (Å²) in [5.74, 6) is -2.11. The summed E-state index contributed by atoms with van der Waals surface area (Å²) in [6.45, 7) is 0.280. The molecule has 0 unspecified atom stereocenters. The van der Waals surface area contributed by atoms with E-state index in [0.717, 1.165) is 12.3 Å². The van der Waals surface area contributed by atoms with Crippen molar-refractivity contribution in [2.45, 2.75) is 12.8 Å². The summed E-state index contributed by atoms with van der Waals surface area (Å²) in [7, 11) is -3.77. The summed E-state index contributed by atoms with van der Waals surface area (Å²) >= 11 is 0. The molecule has 110 valence electrons. The molecule has 0 aliphatic carbocycles.